The number of hydrogen-bond acceptors (Lipinski definition) is 4. The standard InChI is InChI=1S/C19H20ClNO4/c20-15-6-4-14(5-7-15)19(25)8-10-21(11-9-19)17(18(23)24)13-2-1-3-16(22)12-13/h1-7,12,17,22,25H,8-11H2,(H,23,24)/t17-/m0/s1. The molecule has 0 aliphatic carbocycles. The van der Waals surface area contributed by atoms with E-state index in [1.165, 1.54) is 12.1 Å². The molecule has 132 valence electrons. The van der Waals surface area contributed by atoms with E-state index in [2.05, 4.69) is 0 Å². The zero-order chi connectivity index (χ0) is 18.0. The first-order chi connectivity index (χ1) is 11.9. The summed E-state index contributed by atoms with van der Waals surface area (Å²) in [6.45, 7) is 0.873. The Hall–Kier alpha value is -2.08. The van der Waals surface area contributed by atoms with Crippen LogP contribution in [-0.2, 0) is 10.4 Å². The number of rotatable bonds is 4. The minimum atomic E-state index is -0.983. The first-order valence-electron chi connectivity index (χ1n) is 8.13. The topological polar surface area (TPSA) is 81.0 Å². The zero-order valence-corrected chi connectivity index (χ0v) is 14.4. The SMILES string of the molecule is O=C(O)[C@H](c1cccc(O)c1)N1CCC(O)(c2ccc(Cl)cc2)CC1. The van der Waals surface area contributed by atoms with Crippen molar-refractivity contribution in [2.24, 2.45) is 0 Å². The maximum absolute atomic E-state index is 11.8. The van der Waals surface area contributed by atoms with Gasteiger partial charge in [0, 0.05) is 18.1 Å². The number of halogens is 1. The largest absolute Gasteiger partial charge is 0.508 e. The molecule has 1 aliphatic heterocycles. The number of benzene rings is 2. The quantitative estimate of drug-likeness (QED) is 0.779. The average Bonchev–Trinajstić information content (AvgIpc) is 2.57. The summed E-state index contributed by atoms with van der Waals surface area (Å²) in [7, 11) is 0. The first-order valence-corrected chi connectivity index (χ1v) is 8.51. The molecular weight excluding hydrogens is 342 g/mol. The summed E-state index contributed by atoms with van der Waals surface area (Å²) in [5.41, 5.74) is 0.341. The van der Waals surface area contributed by atoms with Crippen molar-refractivity contribution in [1.29, 1.82) is 0 Å². The van der Waals surface area contributed by atoms with Gasteiger partial charge in [0.1, 0.15) is 11.8 Å². The summed E-state index contributed by atoms with van der Waals surface area (Å²) in [5.74, 6) is -0.930. The van der Waals surface area contributed by atoms with Crippen molar-refractivity contribution in [2.75, 3.05) is 13.1 Å². The van der Waals surface area contributed by atoms with Gasteiger partial charge in [0.2, 0.25) is 0 Å². The van der Waals surface area contributed by atoms with Crippen molar-refractivity contribution in [2.45, 2.75) is 24.5 Å². The summed E-state index contributed by atoms with van der Waals surface area (Å²) in [6, 6.07) is 12.6. The van der Waals surface area contributed by atoms with Gasteiger partial charge in [-0.3, -0.25) is 9.69 Å². The second kappa shape index (κ2) is 7.04. The lowest BCUT2D eigenvalue weighted by Gasteiger charge is -2.40. The van der Waals surface area contributed by atoms with Crippen molar-refractivity contribution in [3.05, 3.63) is 64.7 Å². The van der Waals surface area contributed by atoms with Gasteiger partial charge in [0.05, 0.1) is 5.60 Å². The van der Waals surface area contributed by atoms with E-state index in [9.17, 15) is 20.1 Å². The van der Waals surface area contributed by atoms with Crippen molar-refractivity contribution < 1.29 is 20.1 Å². The summed E-state index contributed by atoms with van der Waals surface area (Å²) >= 11 is 5.90. The molecule has 5 nitrogen and oxygen atoms in total. The van der Waals surface area contributed by atoms with Gasteiger partial charge in [-0.1, -0.05) is 35.9 Å². The van der Waals surface area contributed by atoms with E-state index in [-0.39, 0.29) is 5.75 Å². The van der Waals surface area contributed by atoms with Gasteiger partial charge in [-0.05, 0) is 48.2 Å². The number of piperidine rings is 1. The van der Waals surface area contributed by atoms with E-state index in [1.54, 1.807) is 24.3 Å². The number of aliphatic hydroxyl groups is 1. The van der Waals surface area contributed by atoms with Gasteiger partial charge in [-0.15, -0.1) is 0 Å². The number of likely N-dealkylation sites (tertiary alicyclic amines) is 1. The molecule has 1 atom stereocenters. The molecule has 25 heavy (non-hydrogen) atoms. The number of phenolic OH excluding ortho intramolecular Hbond substituents is 1. The molecule has 0 aromatic heterocycles. The van der Waals surface area contributed by atoms with Crippen LogP contribution in [0.1, 0.15) is 30.0 Å². The van der Waals surface area contributed by atoms with Gasteiger partial charge >= 0.3 is 5.97 Å². The van der Waals surface area contributed by atoms with Gasteiger partial charge in [0.15, 0.2) is 0 Å². The Bertz CT molecular complexity index is 754. The van der Waals surface area contributed by atoms with E-state index in [0.29, 0.717) is 36.5 Å². The van der Waals surface area contributed by atoms with Gasteiger partial charge in [0.25, 0.3) is 0 Å². The molecular formula is C19H20ClNO4. The number of carbonyl (C=O) groups is 1. The van der Waals surface area contributed by atoms with Gasteiger partial charge in [-0.25, -0.2) is 0 Å². The molecule has 0 amide bonds. The number of phenols is 1. The third kappa shape index (κ3) is 3.79. The summed E-state index contributed by atoms with van der Waals surface area (Å²) in [6.07, 6.45) is 0.856. The molecule has 0 saturated carbocycles. The average molecular weight is 362 g/mol. The zero-order valence-electron chi connectivity index (χ0n) is 13.6. The predicted octanol–water partition coefficient (Wildman–Crippen LogP) is 3.15. The molecule has 2 aromatic carbocycles. The van der Waals surface area contributed by atoms with Crippen molar-refractivity contribution in [3.8, 4) is 5.75 Å². The first kappa shape index (κ1) is 17.7. The third-order valence-corrected chi connectivity index (χ3v) is 5.04. The summed E-state index contributed by atoms with van der Waals surface area (Å²) in [5, 5.41) is 30.8. The highest BCUT2D eigenvalue weighted by Crippen LogP contribution is 2.36. The maximum Gasteiger partial charge on any atom is 0.325 e. The molecule has 1 fully saturated rings. The van der Waals surface area contributed by atoms with E-state index < -0.39 is 17.6 Å². The van der Waals surface area contributed by atoms with Crippen LogP contribution in [0.15, 0.2) is 48.5 Å². The third-order valence-electron chi connectivity index (χ3n) is 4.79. The van der Waals surface area contributed by atoms with Crippen LogP contribution < -0.4 is 0 Å². The number of nitrogens with zero attached hydrogens (tertiary/aromatic N) is 1. The van der Waals surface area contributed by atoms with Crippen LogP contribution in [0.4, 0.5) is 0 Å². The molecule has 3 rings (SSSR count). The molecule has 1 saturated heterocycles. The Morgan fingerprint density at radius 2 is 1.76 bits per heavy atom. The molecule has 0 unspecified atom stereocenters. The number of carboxylic acids is 1. The highest BCUT2D eigenvalue weighted by Gasteiger charge is 2.38. The monoisotopic (exact) mass is 361 g/mol. The lowest BCUT2D eigenvalue weighted by molar-refractivity contribution is -0.145. The van der Waals surface area contributed by atoms with Crippen LogP contribution in [0, 0.1) is 0 Å². The van der Waals surface area contributed by atoms with E-state index in [1.807, 2.05) is 17.0 Å². The molecule has 1 aliphatic rings. The molecule has 2 aromatic rings. The summed E-state index contributed by atoms with van der Waals surface area (Å²) < 4.78 is 0. The molecule has 0 bridgehead atoms. The fourth-order valence-electron chi connectivity index (χ4n) is 3.41. The fourth-order valence-corrected chi connectivity index (χ4v) is 3.53. The van der Waals surface area contributed by atoms with Crippen LogP contribution in [-0.4, -0.2) is 39.3 Å². The van der Waals surface area contributed by atoms with E-state index >= 15 is 0 Å². The van der Waals surface area contributed by atoms with Crippen LogP contribution in [0.2, 0.25) is 5.02 Å². The maximum atomic E-state index is 11.8. The number of aromatic hydroxyl groups is 1. The Kier molecular flexibility index (Phi) is 4.99. The Morgan fingerprint density at radius 3 is 2.32 bits per heavy atom. The number of carboxylic acid groups (broad SMARTS) is 1. The van der Waals surface area contributed by atoms with Crippen LogP contribution in [0.3, 0.4) is 0 Å². The van der Waals surface area contributed by atoms with Gasteiger partial charge in [-0.2, -0.15) is 0 Å². The van der Waals surface area contributed by atoms with E-state index in [4.69, 9.17) is 11.6 Å². The minimum absolute atomic E-state index is 0.0402. The van der Waals surface area contributed by atoms with Crippen LogP contribution >= 0.6 is 11.6 Å². The Balaban J connectivity index is 1.77. The lowest BCUT2D eigenvalue weighted by atomic mass is 9.83. The summed E-state index contributed by atoms with van der Waals surface area (Å²) in [4.78, 5) is 13.6. The smallest absolute Gasteiger partial charge is 0.325 e. The van der Waals surface area contributed by atoms with E-state index in [0.717, 1.165) is 5.56 Å². The lowest BCUT2D eigenvalue weighted by Crippen LogP contribution is -2.45. The second-order valence-electron chi connectivity index (χ2n) is 6.41. The number of hydrogen-bond donors (Lipinski definition) is 3. The second-order valence-corrected chi connectivity index (χ2v) is 6.85. The van der Waals surface area contributed by atoms with Crippen molar-refractivity contribution in [3.63, 3.8) is 0 Å². The molecule has 1 heterocycles. The molecule has 0 radical (unpaired) electrons. The highest BCUT2D eigenvalue weighted by atomic mass is 35.5. The molecule has 6 heteroatoms. The van der Waals surface area contributed by atoms with Crippen molar-refractivity contribution >= 4 is 17.6 Å². The normalized spacial score (nSPS) is 18.6. The van der Waals surface area contributed by atoms with Gasteiger partial charge < -0.3 is 15.3 Å². The predicted molar refractivity (Wildman–Crippen MR) is 94.6 cm³/mol. The van der Waals surface area contributed by atoms with Crippen molar-refractivity contribution in [1.82, 2.24) is 4.90 Å². The molecule has 3 N–H and O–H groups in total. The fraction of sp³-hybridized carbons (Fsp3) is 0.316. The minimum Gasteiger partial charge on any atom is -0.508 e. The van der Waals surface area contributed by atoms with Crippen LogP contribution in [0.25, 0.3) is 0 Å². The number of aliphatic carboxylic acids is 1. The molecule has 0 spiro atoms. The van der Waals surface area contributed by atoms with Crippen LogP contribution in [0.5, 0.6) is 5.75 Å². The Morgan fingerprint density at radius 1 is 1.12 bits per heavy atom. The Labute approximate surface area is 151 Å². The highest BCUT2D eigenvalue weighted by molar-refractivity contribution is 6.30.